The fourth-order valence-corrected chi connectivity index (χ4v) is 3.81. The summed E-state index contributed by atoms with van der Waals surface area (Å²) in [6, 6.07) is 3.95. The smallest absolute Gasteiger partial charge is 0.231 e. The Kier molecular flexibility index (Phi) is 6.03. The van der Waals surface area contributed by atoms with Gasteiger partial charge in [0.25, 0.3) is 0 Å². The van der Waals surface area contributed by atoms with Gasteiger partial charge in [0.05, 0.1) is 18.2 Å². The van der Waals surface area contributed by atoms with Crippen LogP contribution in [-0.2, 0) is 9.59 Å². The maximum absolute atomic E-state index is 13.0. The molecule has 3 heterocycles. The minimum Gasteiger partial charge on any atom is -0.369 e. The number of anilines is 1. The predicted molar refractivity (Wildman–Crippen MR) is 98.5 cm³/mol. The summed E-state index contributed by atoms with van der Waals surface area (Å²) in [5.41, 5.74) is 6.20. The Labute approximate surface area is 154 Å². The second kappa shape index (κ2) is 8.44. The number of hydrogen-bond acceptors (Lipinski definition) is 6. The summed E-state index contributed by atoms with van der Waals surface area (Å²) in [5, 5.41) is 8.39. The van der Waals surface area contributed by atoms with Gasteiger partial charge in [-0.25, -0.2) is 0 Å². The van der Waals surface area contributed by atoms with Crippen LogP contribution in [-0.4, -0.2) is 77.6 Å². The number of aromatic nitrogens is 2. The van der Waals surface area contributed by atoms with E-state index in [1.165, 1.54) is 0 Å². The summed E-state index contributed by atoms with van der Waals surface area (Å²) in [4.78, 5) is 30.3. The number of aryl methyl sites for hydroxylation is 1. The minimum atomic E-state index is -0.331. The Hall–Kier alpha value is -2.22. The van der Waals surface area contributed by atoms with Gasteiger partial charge in [0, 0.05) is 32.7 Å². The van der Waals surface area contributed by atoms with E-state index in [1.54, 1.807) is 0 Å². The van der Waals surface area contributed by atoms with Crippen molar-refractivity contribution in [1.29, 1.82) is 0 Å². The van der Waals surface area contributed by atoms with Crippen molar-refractivity contribution in [3.8, 4) is 0 Å². The molecule has 0 aliphatic carbocycles. The molecule has 8 nitrogen and oxygen atoms in total. The maximum atomic E-state index is 13.0. The van der Waals surface area contributed by atoms with Crippen LogP contribution in [0.25, 0.3) is 0 Å². The van der Waals surface area contributed by atoms with E-state index < -0.39 is 0 Å². The Morgan fingerprint density at radius 1 is 1.12 bits per heavy atom. The second-order valence-electron chi connectivity index (χ2n) is 7.24. The molecule has 2 aliphatic heterocycles. The van der Waals surface area contributed by atoms with Crippen molar-refractivity contribution in [3.63, 3.8) is 0 Å². The first-order valence-electron chi connectivity index (χ1n) is 9.37. The Morgan fingerprint density at radius 2 is 1.96 bits per heavy atom. The van der Waals surface area contributed by atoms with Crippen LogP contribution in [0, 0.1) is 12.8 Å². The molecule has 0 aromatic carbocycles. The third kappa shape index (κ3) is 4.69. The van der Waals surface area contributed by atoms with E-state index in [1.807, 2.05) is 28.9 Å². The van der Waals surface area contributed by atoms with Gasteiger partial charge in [-0.2, -0.15) is 5.10 Å². The van der Waals surface area contributed by atoms with Crippen molar-refractivity contribution in [2.75, 3.05) is 50.7 Å². The molecule has 8 heteroatoms. The molecule has 1 unspecified atom stereocenters. The molecule has 142 valence electrons. The number of amides is 2. The van der Waals surface area contributed by atoms with E-state index in [0.717, 1.165) is 57.0 Å². The van der Waals surface area contributed by atoms with Gasteiger partial charge in [-0.05, 0) is 44.9 Å². The lowest BCUT2D eigenvalue weighted by Crippen LogP contribution is -2.47. The fourth-order valence-electron chi connectivity index (χ4n) is 3.81. The number of nitrogens with two attached hydrogens (primary N) is 1. The van der Waals surface area contributed by atoms with Crippen LogP contribution in [0.4, 0.5) is 5.82 Å². The van der Waals surface area contributed by atoms with Gasteiger partial charge < -0.3 is 15.5 Å². The largest absolute Gasteiger partial charge is 0.369 e. The molecule has 2 N–H and O–H groups in total. The summed E-state index contributed by atoms with van der Waals surface area (Å²) >= 11 is 0. The number of hydrogen-bond donors (Lipinski definition) is 1. The minimum absolute atomic E-state index is 0.0335. The number of piperidine rings is 1. The van der Waals surface area contributed by atoms with E-state index in [2.05, 4.69) is 15.1 Å². The third-order valence-corrected chi connectivity index (χ3v) is 5.15. The van der Waals surface area contributed by atoms with Crippen LogP contribution in [0.2, 0.25) is 0 Å². The average molecular weight is 360 g/mol. The predicted octanol–water partition coefficient (Wildman–Crippen LogP) is 0.0210. The van der Waals surface area contributed by atoms with Crippen LogP contribution in [0.3, 0.4) is 0 Å². The van der Waals surface area contributed by atoms with Gasteiger partial charge >= 0.3 is 0 Å². The molecular weight excluding hydrogens is 332 g/mol. The SMILES string of the molecule is Cc1ccc(N2CCCN(C(=O)C3CCCN(CC(N)=O)C3)CC2)nn1. The molecule has 26 heavy (non-hydrogen) atoms. The summed E-state index contributed by atoms with van der Waals surface area (Å²) in [5.74, 6) is 0.711. The zero-order valence-electron chi connectivity index (χ0n) is 15.4. The van der Waals surface area contributed by atoms with Crippen molar-refractivity contribution in [2.45, 2.75) is 26.2 Å². The Balaban J connectivity index is 1.57. The van der Waals surface area contributed by atoms with E-state index in [4.69, 9.17) is 5.73 Å². The van der Waals surface area contributed by atoms with Gasteiger partial charge in [-0.1, -0.05) is 0 Å². The van der Waals surface area contributed by atoms with Gasteiger partial charge in [0.15, 0.2) is 5.82 Å². The molecule has 1 atom stereocenters. The number of carbonyl (C=O) groups is 2. The number of primary amides is 1. The Bertz CT molecular complexity index is 635. The summed E-state index contributed by atoms with van der Waals surface area (Å²) in [6.07, 6.45) is 2.74. The van der Waals surface area contributed by atoms with Crippen molar-refractivity contribution in [1.82, 2.24) is 20.0 Å². The molecule has 2 saturated heterocycles. The zero-order valence-corrected chi connectivity index (χ0v) is 15.4. The quantitative estimate of drug-likeness (QED) is 0.813. The van der Waals surface area contributed by atoms with Crippen molar-refractivity contribution in [2.24, 2.45) is 11.7 Å². The van der Waals surface area contributed by atoms with E-state index >= 15 is 0 Å². The number of likely N-dealkylation sites (tertiary alicyclic amines) is 1. The molecule has 3 rings (SSSR count). The molecule has 1 aromatic rings. The van der Waals surface area contributed by atoms with Crippen LogP contribution in [0.5, 0.6) is 0 Å². The highest BCUT2D eigenvalue weighted by Crippen LogP contribution is 2.20. The lowest BCUT2D eigenvalue weighted by atomic mass is 9.96. The lowest BCUT2D eigenvalue weighted by molar-refractivity contribution is -0.137. The second-order valence-corrected chi connectivity index (χ2v) is 7.24. The van der Waals surface area contributed by atoms with Crippen molar-refractivity contribution < 1.29 is 9.59 Å². The van der Waals surface area contributed by atoms with Gasteiger partial charge in [-0.15, -0.1) is 5.10 Å². The third-order valence-electron chi connectivity index (χ3n) is 5.15. The molecule has 2 amide bonds. The summed E-state index contributed by atoms with van der Waals surface area (Å²) in [6.45, 7) is 6.73. The van der Waals surface area contributed by atoms with E-state index in [-0.39, 0.29) is 24.3 Å². The standard InChI is InChI=1S/C18H28N6O2/c1-14-5-6-17(21-20-14)23-8-3-9-24(11-10-23)18(26)15-4-2-7-22(12-15)13-16(19)25/h5-6,15H,2-4,7-13H2,1H3,(H2,19,25). The van der Waals surface area contributed by atoms with Crippen LogP contribution in [0.1, 0.15) is 25.0 Å². The highest BCUT2D eigenvalue weighted by Gasteiger charge is 2.30. The average Bonchev–Trinajstić information content (AvgIpc) is 2.87. The number of carbonyl (C=O) groups excluding carboxylic acids is 2. The number of rotatable bonds is 4. The van der Waals surface area contributed by atoms with Crippen molar-refractivity contribution >= 4 is 17.6 Å². The van der Waals surface area contributed by atoms with Crippen LogP contribution < -0.4 is 10.6 Å². The van der Waals surface area contributed by atoms with Gasteiger partial charge in [0.1, 0.15) is 0 Å². The molecule has 2 aliphatic rings. The maximum Gasteiger partial charge on any atom is 0.231 e. The monoisotopic (exact) mass is 360 g/mol. The highest BCUT2D eigenvalue weighted by molar-refractivity contribution is 5.80. The highest BCUT2D eigenvalue weighted by atomic mass is 16.2. The lowest BCUT2D eigenvalue weighted by Gasteiger charge is -2.34. The van der Waals surface area contributed by atoms with Gasteiger partial charge in [0.2, 0.25) is 11.8 Å². The Morgan fingerprint density at radius 3 is 2.69 bits per heavy atom. The molecule has 2 fully saturated rings. The molecule has 0 spiro atoms. The topological polar surface area (TPSA) is 95.7 Å². The van der Waals surface area contributed by atoms with Crippen LogP contribution in [0.15, 0.2) is 12.1 Å². The van der Waals surface area contributed by atoms with Crippen LogP contribution >= 0.6 is 0 Å². The normalized spacial score (nSPS) is 22.1. The summed E-state index contributed by atoms with van der Waals surface area (Å²) in [7, 11) is 0. The van der Waals surface area contributed by atoms with E-state index in [0.29, 0.717) is 13.1 Å². The zero-order chi connectivity index (χ0) is 18.5. The first-order chi connectivity index (χ1) is 12.5. The first-order valence-corrected chi connectivity index (χ1v) is 9.37. The molecule has 0 bridgehead atoms. The summed E-state index contributed by atoms with van der Waals surface area (Å²) < 4.78 is 0. The van der Waals surface area contributed by atoms with Gasteiger partial charge in [-0.3, -0.25) is 14.5 Å². The van der Waals surface area contributed by atoms with Crippen molar-refractivity contribution in [3.05, 3.63) is 17.8 Å². The first kappa shape index (κ1) is 18.6. The van der Waals surface area contributed by atoms with E-state index in [9.17, 15) is 9.59 Å². The molecular formula is C18H28N6O2. The number of nitrogens with zero attached hydrogens (tertiary/aromatic N) is 5. The molecule has 0 radical (unpaired) electrons. The fraction of sp³-hybridized carbons (Fsp3) is 0.667. The molecule has 0 saturated carbocycles. The molecule has 1 aromatic heterocycles.